The highest BCUT2D eigenvalue weighted by Gasteiger charge is 2.07. The molecule has 0 saturated carbocycles. The lowest BCUT2D eigenvalue weighted by Crippen LogP contribution is -2.14. The molecule has 0 radical (unpaired) electrons. The van der Waals surface area contributed by atoms with E-state index in [1.165, 1.54) is 5.56 Å². The van der Waals surface area contributed by atoms with Crippen LogP contribution < -0.4 is 10.1 Å². The second kappa shape index (κ2) is 7.65. The summed E-state index contributed by atoms with van der Waals surface area (Å²) in [6.07, 6.45) is 5.72. The van der Waals surface area contributed by atoms with Gasteiger partial charge in [-0.05, 0) is 37.1 Å². The van der Waals surface area contributed by atoms with Crippen molar-refractivity contribution in [3.05, 3.63) is 53.9 Å². The predicted molar refractivity (Wildman–Crippen MR) is 82.1 cm³/mol. The van der Waals surface area contributed by atoms with Gasteiger partial charge in [-0.1, -0.05) is 32.0 Å². The van der Waals surface area contributed by atoms with E-state index in [4.69, 9.17) is 4.74 Å². The second-order valence-corrected chi connectivity index (χ2v) is 4.72. The molecule has 2 rings (SSSR count). The van der Waals surface area contributed by atoms with Crippen LogP contribution in [-0.4, -0.2) is 11.5 Å². The molecule has 1 aromatic heterocycles. The van der Waals surface area contributed by atoms with Crippen LogP contribution in [-0.2, 0) is 13.0 Å². The molecule has 2 aromatic rings. The van der Waals surface area contributed by atoms with Crippen molar-refractivity contribution < 1.29 is 4.74 Å². The van der Waals surface area contributed by atoms with Gasteiger partial charge < -0.3 is 10.1 Å². The van der Waals surface area contributed by atoms with E-state index in [0.29, 0.717) is 0 Å². The van der Waals surface area contributed by atoms with Crippen LogP contribution in [0.2, 0.25) is 0 Å². The maximum atomic E-state index is 6.08. The van der Waals surface area contributed by atoms with Gasteiger partial charge in [0.05, 0.1) is 0 Å². The molecular weight excluding hydrogens is 248 g/mol. The highest BCUT2D eigenvalue weighted by molar-refractivity contribution is 5.40. The van der Waals surface area contributed by atoms with Crippen molar-refractivity contribution in [1.82, 2.24) is 10.3 Å². The van der Waals surface area contributed by atoms with E-state index in [1.54, 1.807) is 6.20 Å². The summed E-state index contributed by atoms with van der Waals surface area (Å²) < 4.78 is 6.08. The van der Waals surface area contributed by atoms with E-state index in [0.717, 1.165) is 43.0 Å². The van der Waals surface area contributed by atoms with Crippen molar-refractivity contribution in [1.29, 1.82) is 0 Å². The fraction of sp³-hybridized carbons (Fsp3) is 0.353. The first kappa shape index (κ1) is 14.5. The Kier molecular flexibility index (Phi) is 5.56. The Hall–Kier alpha value is -1.87. The largest absolute Gasteiger partial charge is 0.457 e. The number of aryl methyl sites for hydroxylation is 1. The number of nitrogens with one attached hydrogen (secondary N) is 1. The van der Waals surface area contributed by atoms with Crippen LogP contribution in [0.4, 0.5) is 0 Å². The average Bonchev–Trinajstić information content (AvgIpc) is 2.50. The molecule has 106 valence electrons. The van der Waals surface area contributed by atoms with Crippen molar-refractivity contribution in [2.45, 2.75) is 33.2 Å². The fourth-order valence-corrected chi connectivity index (χ4v) is 2.06. The van der Waals surface area contributed by atoms with Gasteiger partial charge in [-0.3, -0.25) is 4.98 Å². The van der Waals surface area contributed by atoms with Crippen molar-refractivity contribution in [3.8, 4) is 11.5 Å². The van der Waals surface area contributed by atoms with Crippen LogP contribution in [0.25, 0.3) is 0 Å². The summed E-state index contributed by atoms with van der Waals surface area (Å²) in [5.41, 5.74) is 2.31. The zero-order valence-corrected chi connectivity index (χ0v) is 12.2. The third-order valence-electron chi connectivity index (χ3n) is 3.17. The first-order chi connectivity index (χ1) is 9.85. The van der Waals surface area contributed by atoms with Gasteiger partial charge in [-0.15, -0.1) is 0 Å². The molecule has 1 heterocycles. The molecular formula is C17H22N2O. The number of hydrogen-bond acceptors (Lipinski definition) is 3. The lowest BCUT2D eigenvalue weighted by Gasteiger charge is -2.13. The smallest absolute Gasteiger partial charge is 0.135 e. The fourth-order valence-electron chi connectivity index (χ4n) is 2.06. The van der Waals surface area contributed by atoms with Crippen LogP contribution in [0, 0.1) is 0 Å². The molecule has 0 aliphatic rings. The number of aromatic nitrogens is 1. The Morgan fingerprint density at radius 2 is 1.85 bits per heavy atom. The van der Waals surface area contributed by atoms with E-state index in [2.05, 4.69) is 30.2 Å². The lowest BCUT2D eigenvalue weighted by atomic mass is 10.1. The summed E-state index contributed by atoms with van der Waals surface area (Å²) in [7, 11) is 0. The Bertz CT molecular complexity index is 540. The maximum absolute atomic E-state index is 6.08. The first-order valence-corrected chi connectivity index (χ1v) is 7.24. The Morgan fingerprint density at radius 3 is 2.65 bits per heavy atom. The topological polar surface area (TPSA) is 34.2 Å². The molecule has 0 atom stereocenters. The van der Waals surface area contributed by atoms with Crippen molar-refractivity contribution in [2.75, 3.05) is 6.54 Å². The normalized spacial score (nSPS) is 10.5. The lowest BCUT2D eigenvalue weighted by molar-refractivity contribution is 0.466. The first-order valence-electron chi connectivity index (χ1n) is 7.24. The van der Waals surface area contributed by atoms with Crippen LogP contribution >= 0.6 is 0 Å². The van der Waals surface area contributed by atoms with Crippen LogP contribution in [0.1, 0.15) is 31.4 Å². The van der Waals surface area contributed by atoms with Crippen molar-refractivity contribution in [2.24, 2.45) is 0 Å². The molecule has 20 heavy (non-hydrogen) atoms. The highest BCUT2D eigenvalue weighted by atomic mass is 16.5. The van der Waals surface area contributed by atoms with Crippen molar-refractivity contribution in [3.63, 3.8) is 0 Å². The minimum absolute atomic E-state index is 0.783. The number of ether oxygens (including phenoxy) is 1. The summed E-state index contributed by atoms with van der Waals surface area (Å²) in [4.78, 5) is 4.19. The SMILES string of the molecule is CCCNCc1cnccc1Oc1ccccc1CC. The summed E-state index contributed by atoms with van der Waals surface area (Å²) in [5.74, 6) is 1.81. The molecule has 0 unspecified atom stereocenters. The zero-order chi connectivity index (χ0) is 14.2. The van der Waals surface area contributed by atoms with E-state index in [9.17, 15) is 0 Å². The van der Waals surface area contributed by atoms with E-state index in [-0.39, 0.29) is 0 Å². The standard InChI is InChI=1S/C17H22N2O/c1-3-10-18-12-15-13-19-11-9-17(15)20-16-8-6-5-7-14(16)4-2/h5-9,11,13,18H,3-4,10,12H2,1-2H3. The molecule has 3 heteroatoms. The molecule has 0 fully saturated rings. The summed E-state index contributed by atoms with van der Waals surface area (Å²) in [6, 6.07) is 10.1. The number of para-hydroxylation sites is 1. The van der Waals surface area contributed by atoms with Gasteiger partial charge in [0.2, 0.25) is 0 Å². The van der Waals surface area contributed by atoms with E-state index < -0.39 is 0 Å². The number of rotatable bonds is 7. The number of nitrogens with zero attached hydrogens (tertiary/aromatic N) is 1. The van der Waals surface area contributed by atoms with E-state index >= 15 is 0 Å². The molecule has 3 nitrogen and oxygen atoms in total. The number of hydrogen-bond donors (Lipinski definition) is 1. The third-order valence-corrected chi connectivity index (χ3v) is 3.17. The van der Waals surface area contributed by atoms with Gasteiger partial charge in [-0.2, -0.15) is 0 Å². The molecule has 1 aromatic carbocycles. The van der Waals surface area contributed by atoms with Crippen LogP contribution in [0.15, 0.2) is 42.7 Å². The molecule has 0 amide bonds. The Morgan fingerprint density at radius 1 is 1.05 bits per heavy atom. The number of benzene rings is 1. The average molecular weight is 270 g/mol. The molecule has 1 N–H and O–H groups in total. The predicted octanol–water partition coefficient (Wildman–Crippen LogP) is 3.94. The summed E-state index contributed by atoms with van der Waals surface area (Å²) >= 11 is 0. The minimum atomic E-state index is 0.783. The maximum Gasteiger partial charge on any atom is 0.135 e. The molecule has 0 bridgehead atoms. The highest BCUT2D eigenvalue weighted by Crippen LogP contribution is 2.27. The quantitative estimate of drug-likeness (QED) is 0.774. The summed E-state index contributed by atoms with van der Waals surface area (Å²) in [5, 5.41) is 3.39. The number of pyridine rings is 1. The Balaban J connectivity index is 2.16. The van der Waals surface area contributed by atoms with Crippen molar-refractivity contribution >= 4 is 0 Å². The minimum Gasteiger partial charge on any atom is -0.457 e. The van der Waals surface area contributed by atoms with Gasteiger partial charge in [0, 0.05) is 24.5 Å². The molecule has 0 aliphatic heterocycles. The van der Waals surface area contributed by atoms with Gasteiger partial charge in [-0.25, -0.2) is 0 Å². The van der Waals surface area contributed by atoms with Gasteiger partial charge in [0.25, 0.3) is 0 Å². The van der Waals surface area contributed by atoms with Gasteiger partial charge in [0.15, 0.2) is 0 Å². The van der Waals surface area contributed by atoms with E-state index in [1.807, 2.05) is 30.5 Å². The van der Waals surface area contributed by atoms with Gasteiger partial charge in [0.1, 0.15) is 11.5 Å². The molecule has 0 aliphatic carbocycles. The summed E-state index contributed by atoms with van der Waals surface area (Å²) in [6.45, 7) is 6.08. The van der Waals surface area contributed by atoms with Crippen LogP contribution in [0.5, 0.6) is 11.5 Å². The second-order valence-electron chi connectivity index (χ2n) is 4.72. The molecule has 0 saturated heterocycles. The zero-order valence-electron chi connectivity index (χ0n) is 12.2. The van der Waals surface area contributed by atoms with Gasteiger partial charge >= 0.3 is 0 Å². The molecule has 0 spiro atoms. The monoisotopic (exact) mass is 270 g/mol. The van der Waals surface area contributed by atoms with Crippen LogP contribution in [0.3, 0.4) is 0 Å². The third kappa shape index (κ3) is 3.81. The Labute approximate surface area is 121 Å².